The molecule has 41 heavy (non-hydrogen) atoms. The fourth-order valence-electron chi connectivity index (χ4n) is 6.86. The predicted octanol–water partition coefficient (Wildman–Crippen LogP) is 3.32. The van der Waals surface area contributed by atoms with E-state index in [1.807, 2.05) is 44.2 Å². The molecule has 0 saturated carbocycles. The minimum absolute atomic E-state index is 0.0776. The molecule has 0 aliphatic carbocycles. The van der Waals surface area contributed by atoms with Crippen molar-refractivity contribution < 1.29 is 19.1 Å². The van der Waals surface area contributed by atoms with Crippen molar-refractivity contribution in [2.24, 2.45) is 11.8 Å². The Morgan fingerprint density at radius 2 is 1.88 bits per heavy atom. The van der Waals surface area contributed by atoms with Crippen LogP contribution < -0.4 is 0 Å². The van der Waals surface area contributed by atoms with Gasteiger partial charge in [0.05, 0.1) is 43.4 Å². The normalized spacial score (nSPS) is 27.5. The van der Waals surface area contributed by atoms with Crippen LogP contribution in [0.1, 0.15) is 28.6 Å². The van der Waals surface area contributed by atoms with Crippen molar-refractivity contribution in [1.82, 2.24) is 30.0 Å². The van der Waals surface area contributed by atoms with E-state index in [2.05, 4.69) is 15.5 Å². The second-order valence-electron chi connectivity index (χ2n) is 11.1. The molecule has 2 bridgehead atoms. The highest BCUT2D eigenvalue weighted by Gasteiger charge is 2.68. The summed E-state index contributed by atoms with van der Waals surface area (Å²) in [5.74, 6) is -1.15. The minimum atomic E-state index is -0.928. The molecule has 3 fully saturated rings. The average molecular weight is 595 g/mol. The maximum absolute atomic E-state index is 14.5. The van der Waals surface area contributed by atoms with E-state index in [1.165, 1.54) is 0 Å². The summed E-state index contributed by atoms with van der Waals surface area (Å²) in [7, 11) is 0. The zero-order valence-electron chi connectivity index (χ0n) is 22.5. The standard InChI is InChI=1S/C29H28Cl2N6O4/c1-16-4-3-5-17(2)24(16)37-26(32-33-34-37)25(19-7-6-18(30)14-20(19)31)36-15-29-9-8-21(41-29)22(23(29)28(36)39)27(38)35-10-12-40-13-11-35/h3-9,14,21-23,25H,10-13,15H2,1-2H3/t21-,22+,23-,25-,29-/m1/s1. The zero-order valence-corrected chi connectivity index (χ0v) is 24.0. The molecule has 12 heteroatoms. The fraction of sp³-hybridized carbons (Fsp3) is 0.414. The second kappa shape index (κ2) is 9.90. The molecule has 7 rings (SSSR count). The van der Waals surface area contributed by atoms with E-state index >= 15 is 0 Å². The third kappa shape index (κ3) is 4.11. The number of aryl methyl sites for hydroxylation is 2. The van der Waals surface area contributed by atoms with Crippen LogP contribution in [0.5, 0.6) is 0 Å². The number of likely N-dealkylation sites (tertiary alicyclic amines) is 1. The Labute approximate surface area is 246 Å². The number of halogens is 2. The number of tetrazole rings is 1. The van der Waals surface area contributed by atoms with Gasteiger partial charge in [0.2, 0.25) is 11.8 Å². The van der Waals surface area contributed by atoms with Gasteiger partial charge in [-0.05, 0) is 47.5 Å². The summed E-state index contributed by atoms with van der Waals surface area (Å²) in [5.41, 5.74) is 2.47. The van der Waals surface area contributed by atoms with Crippen LogP contribution >= 0.6 is 23.2 Å². The number of carbonyl (C=O) groups excluding carboxylic acids is 2. The molecule has 1 spiro atoms. The summed E-state index contributed by atoms with van der Waals surface area (Å²) in [6.45, 7) is 6.15. The molecule has 5 atom stereocenters. The Balaban J connectivity index is 1.34. The summed E-state index contributed by atoms with van der Waals surface area (Å²) in [5, 5.41) is 13.7. The Bertz CT molecular complexity index is 1570. The summed E-state index contributed by atoms with van der Waals surface area (Å²) in [6.07, 6.45) is 3.42. The second-order valence-corrected chi connectivity index (χ2v) is 11.9. The molecule has 10 nitrogen and oxygen atoms in total. The number of ether oxygens (including phenoxy) is 2. The smallest absolute Gasteiger partial charge is 0.230 e. The van der Waals surface area contributed by atoms with Gasteiger partial charge in [0.15, 0.2) is 5.82 Å². The van der Waals surface area contributed by atoms with Crippen molar-refractivity contribution in [1.29, 1.82) is 0 Å². The highest BCUT2D eigenvalue weighted by molar-refractivity contribution is 6.35. The van der Waals surface area contributed by atoms with Crippen LogP contribution in [0.25, 0.3) is 5.69 Å². The monoisotopic (exact) mass is 594 g/mol. The van der Waals surface area contributed by atoms with Crippen molar-refractivity contribution in [3.63, 3.8) is 0 Å². The molecule has 3 saturated heterocycles. The molecular formula is C29H28Cl2N6O4. The van der Waals surface area contributed by atoms with Crippen LogP contribution in [0, 0.1) is 25.7 Å². The highest BCUT2D eigenvalue weighted by atomic mass is 35.5. The van der Waals surface area contributed by atoms with Gasteiger partial charge in [-0.2, -0.15) is 4.68 Å². The number of carbonyl (C=O) groups is 2. The van der Waals surface area contributed by atoms with Crippen LogP contribution in [-0.2, 0) is 19.1 Å². The Morgan fingerprint density at radius 1 is 1.12 bits per heavy atom. The first kappa shape index (κ1) is 26.6. The van der Waals surface area contributed by atoms with E-state index in [0.29, 0.717) is 47.7 Å². The molecule has 2 amide bonds. The average Bonchev–Trinajstić information content (AvgIpc) is 3.72. The topological polar surface area (TPSA) is 103 Å². The molecule has 3 aromatic rings. The number of hydrogen-bond acceptors (Lipinski definition) is 7. The van der Waals surface area contributed by atoms with E-state index in [4.69, 9.17) is 32.7 Å². The number of para-hydroxylation sites is 1. The summed E-state index contributed by atoms with van der Waals surface area (Å²) in [6, 6.07) is 10.4. The largest absolute Gasteiger partial charge is 0.378 e. The number of hydrogen-bond donors (Lipinski definition) is 0. The number of amides is 2. The number of fused-ring (bicyclic) bond motifs is 1. The first-order valence-corrected chi connectivity index (χ1v) is 14.4. The minimum Gasteiger partial charge on any atom is -0.378 e. The number of nitrogens with zero attached hydrogens (tertiary/aromatic N) is 6. The van der Waals surface area contributed by atoms with Crippen LogP contribution in [-0.4, -0.2) is 86.4 Å². The molecule has 0 N–H and O–H groups in total. The molecule has 5 heterocycles. The van der Waals surface area contributed by atoms with Crippen LogP contribution in [0.15, 0.2) is 48.6 Å². The first-order valence-electron chi connectivity index (χ1n) is 13.6. The predicted molar refractivity (Wildman–Crippen MR) is 150 cm³/mol. The van der Waals surface area contributed by atoms with Crippen molar-refractivity contribution in [3.05, 3.63) is 81.1 Å². The van der Waals surface area contributed by atoms with Crippen molar-refractivity contribution >= 4 is 35.0 Å². The van der Waals surface area contributed by atoms with Gasteiger partial charge in [0.1, 0.15) is 11.6 Å². The number of benzene rings is 2. The molecule has 4 aliphatic heterocycles. The van der Waals surface area contributed by atoms with Gasteiger partial charge in [0.25, 0.3) is 0 Å². The number of rotatable bonds is 5. The van der Waals surface area contributed by atoms with Gasteiger partial charge in [-0.15, -0.1) is 5.10 Å². The summed E-state index contributed by atoms with van der Waals surface area (Å²) < 4.78 is 13.6. The lowest BCUT2D eigenvalue weighted by Crippen LogP contribution is -2.49. The van der Waals surface area contributed by atoms with Gasteiger partial charge in [-0.1, -0.05) is 59.6 Å². The molecule has 2 aromatic carbocycles. The van der Waals surface area contributed by atoms with Gasteiger partial charge in [0, 0.05) is 28.7 Å². The van der Waals surface area contributed by atoms with Crippen LogP contribution in [0.4, 0.5) is 0 Å². The van der Waals surface area contributed by atoms with E-state index < -0.39 is 29.6 Å². The summed E-state index contributed by atoms with van der Waals surface area (Å²) >= 11 is 13.1. The Morgan fingerprint density at radius 3 is 2.61 bits per heavy atom. The lowest BCUT2D eigenvalue weighted by molar-refractivity contribution is -0.146. The Kier molecular flexibility index (Phi) is 6.42. The lowest BCUT2D eigenvalue weighted by atomic mass is 9.76. The molecule has 0 radical (unpaired) electrons. The molecular weight excluding hydrogens is 567 g/mol. The quantitative estimate of drug-likeness (QED) is 0.417. The fourth-order valence-corrected chi connectivity index (χ4v) is 7.37. The molecule has 0 unspecified atom stereocenters. The van der Waals surface area contributed by atoms with E-state index in [-0.39, 0.29) is 18.4 Å². The Hall–Kier alpha value is -3.31. The van der Waals surface area contributed by atoms with Gasteiger partial charge in [-0.25, -0.2) is 0 Å². The third-order valence-electron chi connectivity index (χ3n) is 8.70. The maximum Gasteiger partial charge on any atom is 0.230 e. The van der Waals surface area contributed by atoms with Gasteiger partial charge in [-0.3, -0.25) is 9.59 Å². The van der Waals surface area contributed by atoms with Crippen molar-refractivity contribution in [2.45, 2.75) is 31.6 Å². The number of morpholine rings is 1. The summed E-state index contributed by atoms with van der Waals surface area (Å²) in [4.78, 5) is 31.8. The van der Waals surface area contributed by atoms with Crippen LogP contribution in [0.3, 0.4) is 0 Å². The molecule has 4 aliphatic rings. The third-order valence-corrected chi connectivity index (χ3v) is 9.26. The first-order chi connectivity index (χ1) is 19.8. The molecule has 1 aromatic heterocycles. The van der Waals surface area contributed by atoms with Crippen molar-refractivity contribution in [3.8, 4) is 5.69 Å². The lowest BCUT2D eigenvalue weighted by Gasteiger charge is -2.33. The van der Waals surface area contributed by atoms with Gasteiger partial charge < -0.3 is 19.3 Å². The van der Waals surface area contributed by atoms with Gasteiger partial charge >= 0.3 is 0 Å². The molecule has 212 valence electrons. The van der Waals surface area contributed by atoms with E-state index in [0.717, 1.165) is 16.8 Å². The van der Waals surface area contributed by atoms with E-state index in [9.17, 15) is 9.59 Å². The zero-order chi connectivity index (χ0) is 28.5. The van der Waals surface area contributed by atoms with Crippen LogP contribution in [0.2, 0.25) is 10.0 Å². The van der Waals surface area contributed by atoms with Crippen molar-refractivity contribution in [2.75, 3.05) is 32.8 Å². The van der Waals surface area contributed by atoms with E-state index in [1.54, 1.807) is 32.7 Å². The SMILES string of the molecule is Cc1cccc(C)c1-n1nnnc1[C@@H](c1ccc(Cl)cc1Cl)N1C[C@@]23C=C[C@@H](O2)[C@H](C(=O)N2CCOCC2)[C@@H]3C1=O. The highest BCUT2D eigenvalue weighted by Crippen LogP contribution is 2.54. The number of aromatic nitrogens is 4. The maximum atomic E-state index is 14.5.